The fourth-order valence-electron chi connectivity index (χ4n) is 2.80. The van der Waals surface area contributed by atoms with Crippen LogP contribution in [0.4, 0.5) is 0 Å². The predicted molar refractivity (Wildman–Crippen MR) is 70.8 cm³/mol. The average Bonchev–Trinajstić information content (AvgIpc) is 2.77. The highest BCUT2D eigenvalue weighted by Gasteiger charge is 2.24. The Morgan fingerprint density at radius 2 is 2.28 bits per heavy atom. The topological polar surface area (TPSA) is 53.6 Å². The van der Waals surface area contributed by atoms with Gasteiger partial charge in [0.1, 0.15) is 0 Å². The van der Waals surface area contributed by atoms with E-state index in [-0.39, 0.29) is 5.92 Å². The third kappa shape index (κ3) is 2.91. The van der Waals surface area contributed by atoms with Crippen LogP contribution in [0.5, 0.6) is 0 Å². The summed E-state index contributed by atoms with van der Waals surface area (Å²) in [6.07, 6.45) is 7.65. The molecule has 2 rings (SSSR count). The lowest BCUT2D eigenvalue weighted by molar-refractivity contribution is 0.311. The van der Waals surface area contributed by atoms with E-state index in [9.17, 15) is 0 Å². The lowest BCUT2D eigenvalue weighted by atomic mass is 9.85. The maximum absolute atomic E-state index is 9.16. The zero-order valence-corrected chi connectivity index (χ0v) is 11.3. The van der Waals surface area contributed by atoms with Gasteiger partial charge in [0.25, 0.3) is 0 Å². The summed E-state index contributed by atoms with van der Waals surface area (Å²) in [5.74, 6) is 0.181. The van der Waals surface area contributed by atoms with Crippen molar-refractivity contribution in [2.75, 3.05) is 0 Å². The number of nitrogens with zero attached hydrogens (tertiary/aromatic N) is 3. The quantitative estimate of drug-likeness (QED) is 0.885. The van der Waals surface area contributed by atoms with Gasteiger partial charge in [-0.05, 0) is 19.3 Å². The van der Waals surface area contributed by atoms with Crippen LogP contribution in [0.15, 0.2) is 6.20 Å². The highest BCUT2D eigenvalue weighted by molar-refractivity contribution is 5.17. The van der Waals surface area contributed by atoms with Crippen molar-refractivity contribution in [2.45, 2.75) is 51.6 Å². The van der Waals surface area contributed by atoms with Gasteiger partial charge in [0.05, 0.1) is 17.7 Å². The number of nitrogens with one attached hydrogen (secondary N) is 1. The van der Waals surface area contributed by atoms with Crippen LogP contribution in [-0.2, 0) is 20.0 Å². The molecule has 18 heavy (non-hydrogen) atoms. The van der Waals surface area contributed by atoms with E-state index < -0.39 is 0 Å². The van der Waals surface area contributed by atoms with Crippen LogP contribution in [0, 0.1) is 17.2 Å². The van der Waals surface area contributed by atoms with Crippen molar-refractivity contribution in [1.29, 1.82) is 5.26 Å². The standard InChI is InChI=1S/C14H22N4/c1-3-13-12(10-18(2)17-13)9-16-14-7-5-4-6-11(14)8-15/h10-11,14,16H,3-7,9H2,1-2H3. The van der Waals surface area contributed by atoms with Gasteiger partial charge in [-0.3, -0.25) is 4.68 Å². The summed E-state index contributed by atoms with van der Waals surface area (Å²) in [7, 11) is 1.96. The largest absolute Gasteiger partial charge is 0.308 e. The Morgan fingerprint density at radius 1 is 1.50 bits per heavy atom. The molecule has 0 aliphatic heterocycles. The zero-order chi connectivity index (χ0) is 13.0. The summed E-state index contributed by atoms with van der Waals surface area (Å²) < 4.78 is 1.87. The van der Waals surface area contributed by atoms with Crippen LogP contribution in [-0.4, -0.2) is 15.8 Å². The molecule has 98 valence electrons. The Kier molecular flexibility index (Phi) is 4.38. The van der Waals surface area contributed by atoms with Crippen molar-refractivity contribution < 1.29 is 0 Å². The molecule has 0 spiro atoms. The zero-order valence-electron chi connectivity index (χ0n) is 11.3. The van der Waals surface area contributed by atoms with Gasteiger partial charge in [0, 0.05) is 31.4 Å². The molecule has 1 saturated carbocycles. The van der Waals surface area contributed by atoms with Gasteiger partial charge >= 0.3 is 0 Å². The maximum atomic E-state index is 9.16. The van der Waals surface area contributed by atoms with Gasteiger partial charge < -0.3 is 5.32 Å². The number of nitriles is 1. The summed E-state index contributed by atoms with van der Waals surface area (Å²) in [6.45, 7) is 2.96. The van der Waals surface area contributed by atoms with Crippen molar-refractivity contribution in [3.63, 3.8) is 0 Å². The van der Waals surface area contributed by atoms with E-state index in [1.807, 2.05) is 11.7 Å². The molecule has 1 fully saturated rings. The molecule has 4 heteroatoms. The summed E-state index contributed by atoms with van der Waals surface area (Å²) in [5.41, 5.74) is 2.43. The molecule has 1 aliphatic carbocycles. The Balaban J connectivity index is 1.96. The first-order valence-electron chi connectivity index (χ1n) is 6.89. The van der Waals surface area contributed by atoms with Crippen LogP contribution < -0.4 is 5.32 Å². The molecule has 0 aromatic carbocycles. The van der Waals surface area contributed by atoms with Gasteiger partial charge in [-0.25, -0.2) is 0 Å². The van der Waals surface area contributed by atoms with Gasteiger partial charge in [0.2, 0.25) is 0 Å². The molecule has 1 aliphatic rings. The van der Waals surface area contributed by atoms with Crippen molar-refractivity contribution in [1.82, 2.24) is 15.1 Å². The second kappa shape index (κ2) is 6.01. The monoisotopic (exact) mass is 246 g/mol. The summed E-state index contributed by atoms with van der Waals surface area (Å²) in [4.78, 5) is 0. The Bertz CT molecular complexity index is 429. The van der Waals surface area contributed by atoms with Crippen LogP contribution in [0.1, 0.15) is 43.9 Å². The number of rotatable bonds is 4. The fourth-order valence-corrected chi connectivity index (χ4v) is 2.80. The Morgan fingerprint density at radius 3 is 3.00 bits per heavy atom. The van der Waals surface area contributed by atoms with Crippen LogP contribution in [0.2, 0.25) is 0 Å². The third-order valence-corrected chi connectivity index (χ3v) is 3.81. The van der Waals surface area contributed by atoms with Gasteiger partial charge in [0.15, 0.2) is 0 Å². The van der Waals surface area contributed by atoms with E-state index in [2.05, 4.69) is 29.6 Å². The summed E-state index contributed by atoms with van der Waals surface area (Å²) in [6, 6.07) is 2.80. The minimum absolute atomic E-state index is 0.181. The lowest BCUT2D eigenvalue weighted by Crippen LogP contribution is -2.37. The lowest BCUT2D eigenvalue weighted by Gasteiger charge is -2.27. The molecule has 2 unspecified atom stereocenters. The predicted octanol–water partition coefficient (Wildman–Crippen LogP) is 2.15. The number of aryl methyl sites for hydroxylation is 2. The summed E-state index contributed by atoms with van der Waals surface area (Å²) in [5, 5.41) is 17.2. The molecule has 1 aromatic rings. The molecule has 4 nitrogen and oxygen atoms in total. The molecular weight excluding hydrogens is 224 g/mol. The van der Waals surface area contributed by atoms with Crippen LogP contribution in [0.3, 0.4) is 0 Å². The minimum Gasteiger partial charge on any atom is -0.308 e. The van der Waals surface area contributed by atoms with Crippen molar-refractivity contribution in [3.05, 3.63) is 17.5 Å². The van der Waals surface area contributed by atoms with Gasteiger partial charge in [-0.15, -0.1) is 0 Å². The molecule has 0 amide bonds. The molecule has 1 heterocycles. The molecule has 1 aromatic heterocycles. The normalized spacial score (nSPS) is 23.8. The molecule has 0 radical (unpaired) electrons. The Hall–Kier alpha value is -1.34. The van der Waals surface area contributed by atoms with Crippen molar-refractivity contribution in [3.8, 4) is 6.07 Å². The second-order valence-corrected chi connectivity index (χ2v) is 5.14. The molecule has 2 atom stereocenters. The van der Waals surface area contributed by atoms with E-state index in [1.54, 1.807) is 0 Å². The summed E-state index contributed by atoms with van der Waals surface area (Å²) >= 11 is 0. The van der Waals surface area contributed by atoms with E-state index >= 15 is 0 Å². The van der Waals surface area contributed by atoms with E-state index in [1.165, 1.54) is 18.4 Å². The molecule has 0 saturated heterocycles. The molecular formula is C14H22N4. The van der Waals surface area contributed by atoms with Gasteiger partial charge in [-0.1, -0.05) is 19.8 Å². The third-order valence-electron chi connectivity index (χ3n) is 3.81. The first kappa shape index (κ1) is 13.1. The maximum Gasteiger partial charge on any atom is 0.0672 e. The first-order chi connectivity index (χ1) is 8.74. The number of aromatic nitrogens is 2. The SMILES string of the molecule is CCc1nn(C)cc1CNC1CCCCC1C#N. The smallest absolute Gasteiger partial charge is 0.0672 e. The highest BCUT2D eigenvalue weighted by atomic mass is 15.3. The number of hydrogen-bond donors (Lipinski definition) is 1. The van der Waals surface area contributed by atoms with Crippen LogP contribution >= 0.6 is 0 Å². The minimum atomic E-state index is 0.181. The van der Waals surface area contributed by atoms with Gasteiger partial charge in [-0.2, -0.15) is 10.4 Å². The van der Waals surface area contributed by atoms with E-state index in [0.717, 1.165) is 31.5 Å². The van der Waals surface area contributed by atoms with E-state index in [4.69, 9.17) is 5.26 Å². The second-order valence-electron chi connectivity index (χ2n) is 5.14. The van der Waals surface area contributed by atoms with Crippen LogP contribution in [0.25, 0.3) is 0 Å². The van der Waals surface area contributed by atoms with Crippen molar-refractivity contribution >= 4 is 0 Å². The number of hydrogen-bond acceptors (Lipinski definition) is 3. The average molecular weight is 246 g/mol. The highest BCUT2D eigenvalue weighted by Crippen LogP contribution is 2.24. The first-order valence-corrected chi connectivity index (χ1v) is 6.89. The Labute approximate surface area is 109 Å². The molecule has 0 bridgehead atoms. The molecule has 1 N–H and O–H groups in total. The van der Waals surface area contributed by atoms with Crippen molar-refractivity contribution in [2.24, 2.45) is 13.0 Å². The fraction of sp³-hybridized carbons (Fsp3) is 0.714. The van der Waals surface area contributed by atoms with E-state index in [0.29, 0.717) is 6.04 Å².